The Balaban J connectivity index is 2.40. The van der Waals surface area contributed by atoms with Gasteiger partial charge >= 0.3 is 0 Å². The summed E-state index contributed by atoms with van der Waals surface area (Å²) in [5, 5.41) is 0. The van der Waals surface area contributed by atoms with Gasteiger partial charge in [-0.05, 0) is 32.1 Å². The fourth-order valence-corrected chi connectivity index (χ4v) is 1.45. The maximum Gasteiger partial charge on any atom is 0.203 e. The first-order chi connectivity index (χ1) is 6.79. The average Bonchev–Trinajstić information content (AvgIpc) is 2.70. The summed E-state index contributed by atoms with van der Waals surface area (Å²) in [6.45, 7) is 4.18. The number of furan rings is 1. The van der Waals surface area contributed by atoms with Gasteiger partial charge in [0.2, 0.25) is 5.88 Å². The molecule has 72 valence electrons. The van der Waals surface area contributed by atoms with E-state index in [-0.39, 0.29) is 0 Å². The van der Waals surface area contributed by atoms with E-state index in [1.165, 1.54) is 11.3 Å². The zero-order valence-corrected chi connectivity index (χ0v) is 8.40. The van der Waals surface area contributed by atoms with Crippen LogP contribution in [0.15, 0.2) is 58.5 Å². The minimum atomic E-state index is 0.849. The van der Waals surface area contributed by atoms with Gasteiger partial charge in [0, 0.05) is 18.0 Å². The summed E-state index contributed by atoms with van der Waals surface area (Å²) in [6.07, 6.45) is 9.79. The molecule has 1 aromatic rings. The van der Waals surface area contributed by atoms with Crippen LogP contribution in [0.25, 0.3) is 0 Å². The van der Waals surface area contributed by atoms with E-state index in [0.29, 0.717) is 0 Å². The first-order valence-corrected chi connectivity index (χ1v) is 4.64. The lowest BCUT2D eigenvalue weighted by molar-refractivity contribution is 0.569. The van der Waals surface area contributed by atoms with Crippen molar-refractivity contribution in [2.45, 2.75) is 13.8 Å². The summed E-state index contributed by atoms with van der Waals surface area (Å²) in [7, 11) is 0. The van der Waals surface area contributed by atoms with Gasteiger partial charge in [0.05, 0.1) is 6.26 Å². The van der Waals surface area contributed by atoms with Gasteiger partial charge in [0.1, 0.15) is 0 Å². The van der Waals surface area contributed by atoms with Crippen molar-refractivity contribution in [1.82, 2.24) is 0 Å². The third-order valence-electron chi connectivity index (χ3n) is 2.12. The van der Waals surface area contributed by atoms with Crippen LogP contribution in [0.2, 0.25) is 0 Å². The van der Waals surface area contributed by atoms with E-state index >= 15 is 0 Å². The molecule has 2 heteroatoms. The second-order valence-corrected chi connectivity index (χ2v) is 3.41. The molecule has 0 aromatic carbocycles. The smallest absolute Gasteiger partial charge is 0.203 e. The normalized spacial score (nSPS) is 15.0. The lowest BCUT2D eigenvalue weighted by atomic mass is 10.2. The summed E-state index contributed by atoms with van der Waals surface area (Å²) in [5.41, 5.74) is 2.43. The maximum atomic E-state index is 5.36. The topological polar surface area (TPSA) is 16.4 Å². The number of rotatable bonds is 1. The fraction of sp³-hybridized carbons (Fsp3) is 0.167. The number of allylic oxidation sites excluding steroid dienone is 4. The molecule has 0 saturated heterocycles. The van der Waals surface area contributed by atoms with Crippen LogP contribution in [0.5, 0.6) is 0 Å². The van der Waals surface area contributed by atoms with Crippen molar-refractivity contribution < 1.29 is 4.42 Å². The first kappa shape index (κ1) is 8.88. The van der Waals surface area contributed by atoms with Gasteiger partial charge in [-0.15, -0.1) is 0 Å². The van der Waals surface area contributed by atoms with Crippen molar-refractivity contribution in [2.24, 2.45) is 0 Å². The fourth-order valence-electron chi connectivity index (χ4n) is 1.45. The zero-order valence-electron chi connectivity index (χ0n) is 8.40. The first-order valence-electron chi connectivity index (χ1n) is 4.64. The number of nitrogens with zero attached hydrogens (tertiary/aromatic N) is 1. The summed E-state index contributed by atoms with van der Waals surface area (Å²) in [4.78, 5) is 2.04. The van der Waals surface area contributed by atoms with Crippen molar-refractivity contribution in [3.8, 4) is 0 Å². The van der Waals surface area contributed by atoms with Crippen LogP contribution in [0.4, 0.5) is 5.88 Å². The Morgan fingerprint density at radius 1 is 1.29 bits per heavy atom. The Morgan fingerprint density at radius 3 is 2.79 bits per heavy atom. The molecule has 0 atom stereocenters. The van der Waals surface area contributed by atoms with Crippen LogP contribution in [-0.2, 0) is 0 Å². The van der Waals surface area contributed by atoms with E-state index in [0.717, 1.165) is 5.88 Å². The van der Waals surface area contributed by atoms with Crippen molar-refractivity contribution in [1.29, 1.82) is 0 Å². The molecule has 0 N–H and O–H groups in total. The maximum absolute atomic E-state index is 5.36. The molecular weight excluding hydrogens is 174 g/mol. The van der Waals surface area contributed by atoms with Crippen LogP contribution in [0, 0.1) is 0 Å². The highest BCUT2D eigenvalue weighted by Gasteiger charge is 2.12. The summed E-state index contributed by atoms with van der Waals surface area (Å²) < 4.78 is 5.36. The molecule has 2 nitrogen and oxygen atoms in total. The highest BCUT2D eigenvalue weighted by Crippen LogP contribution is 2.25. The van der Waals surface area contributed by atoms with Gasteiger partial charge in [-0.25, -0.2) is 0 Å². The van der Waals surface area contributed by atoms with Crippen LogP contribution < -0.4 is 4.90 Å². The quantitative estimate of drug-likeness (QED) is 0.669. The Kier molecular flexibility index (Phi) is 2.27. The monoisotopic (exact) mass is 187 g/mol. The molecule has 0 saturated carbocycles. The molecule has 1 aromatic heterocycles. The number of anilines is 1. The predicted octanol–water partition coefficient (Wildman–Crippen LogP) is 3.46. The molecule has 2 rings (SSSR count). The Bertz CT molecular complexity index is 392. The molecular formula is C12H13NO. The molecule has 14 heavy (non-hydrogen) atoms. The number of hydrogen-bond acceptors (Lipinski definition) is 2. The van der Waals surface area contributed by atoms with E-state index in [1.54, 1.807) is 6.26 Å². The molecule has 0 spiro atoms. The van der Waals surface area contributed by atoms with Gasteiger partial charge in [-0.1, -0.05) is 11.6 Å². The van der Waals surface area contributed by atoms with E-state index < -0.39 is 0 Å². The number of hydrogen-bond donors (Lipinski definition) is 0. The van der Waals surface area contributed by atoms with Crippen molar-refractivity contribution in [3.63, 3.8) is 0 Å². The average molecular weight is 187 g/mol. The highest BCUT2D eigenvalue weighted by atomic mass is 16.3. The Hall–Kier alpha value is -1.70. The highest BCUT2D eigenvalue weighted by molar-refractivity contribution is 5.55. The SMILES string of the molecule is CC(C)=C1C=CC=CN1c1ccco1. The summed E-state index contributed by atoms with van der Waals surface area (Å²) in [6, 6.07) is 3.84. The van der Waals surface area contributed by atoms with Crippen LogP contribution in [0.1, 0.15) is 13.8 Å². The van der Waals surface area contributed by atoms with Gasteiger partial charge in [0.25, 0.3) is 0 Å². The van der Waals surface area contributed by atoms with Gasteiger partial charge < -0.3 is 4.42 Å². The van der Waals surface area contributed by atoms with Gasteiger partial charge in [-0.3, -0.25) is 4.90 Å². The van der Waals surface area contributed by atoms with E-state index in [4.69, 9.17) is 4.42 Å². The largest absolute Gasteiger partial charge is 0.448 e. The van der Waals surface area contributed by atoms with Crippen molar-refractivity contribution in [2.75, 3.05) is 4.90 Å². The standard InChI is InChI=1S/C12H13NO/c1-10(2)11-6-3-4-8-13(11)12-7-5-9-14-12/h3-9H,1-2H3. The van der Waals surface area contributed by atoms with Crippen LogP contribution in [-0.4, -0.2) is 0 Å². The lowest BCUT2D eigenvalue weighted by Gasteiger charge is -2.22. The van der Waals surface area contributed by atoms with Crippen molar-refractivity contribution >= 4 is 5.88 Å². The Morgan fingerprint density at radius 2 is 2.14 bits per heavy atom. The molecule has 0 bridgehead atoms. The molecule has 0 fully saturated rings. The van der Waals surface area contributed by atoms with Gasteiger partial charge in [-0.2, -0.15) is 0 Å². The van der Waals surface area contributed by atoms with Crippen LogP contribution >= 0.6 is 0 Å². The van der Waals surface area contributed by atoms with Gasteiger partial charge in [0.15, 0.2) is 0 Å². The van der Waals surface area contributed by atoms with E-state index in [2.05, 4.69) is 19.9 Å². The lowest BCUT2D eigenvalue weighted by Crippen LogP contribution is -2.16. The van der Waals surface area contributed by atoms with Crippen molar-refractivity contribution in [3.05, 3.63) is 54.1 Å². The molecule has 2 heterocycles. The second kappa shape index (κ2) is 3.58. The molecule has 1 aliphatic rings. The van der Waals surface area contributed by atoms with E-state index in [1.807, 2.05) is 35.4 Å². The third-order valence-corrected chi connectivity index (χ3v) is 2.12. The molecule has 1 aliphatic heterocycles. The molecule has 0 unspecified atom stereocenters. The van der Waals surface area contributed by atoms with Crippen LogP contribution in [0.3, 0.4) is 0 Å². The second-order valence-electron chi connectivity index (χ2n) is 3.41. The zero-order chi connectivity index (χ0) is 9.97. The molecule has 0 amide bonds. The minimum Gasteiger partial charge on any atom is -0.448 e. The summed E-state index contributed by atoms with van der Waals surface area (Å²) in [5.74, 6) is 0.849. The molecule has 0 aliphatic carbocycles. The molecule has 0 radical (unpaired) electrons. The van der Waals surface area contributed by atoms with E-state index in [9.17, 15) is 0 Å². The Labute approximate surface area is 83.8 Å². The predicted molar refractivity (Wildman–Crippen MR) is 57.8 cm³/mol. The summed E-state index contributed by atoms with van der Waals surface area (Å²) >= 11 is 0. The third kappa shape index (κ3) is 1.51. The minimum absolute atomic E-state index is 0.849.